The number of unbranched alkanes of at least 4 members (excludes halogenated alkanes) is 43. The molecule has 2 fully saturated rings. The molecule has 100 heavy (non-hydrogen) atoms. The molecule has 0 aromatic rings. The fraction of sp³-hybridized carbons (Fsp3) is 0.826. The van der Waals surface area contributed by atoms with Gasteiger partial charge < -0.3 is 65.1 Å². The number of nitrogens with one attached hydrogen (secondary N) is 1. The van der Waals surface area contributed by atoms with Crippen LogP contribution in [-0.2, 0) is 23.7 Å². The molecule has 582 valence electrons. The van der Waals surface area contributed by atoms with Crippen LogP contribution in [0.3, 0.4) is 0 Å². The lowest BCUT2D eigenvalue weighted by molar-refractivity contribution is -0.359. The van der Waals surface area contributed by atoms with Crippen LogP contribution >= 0.6 is 0 Å². The van der Waals surface area contributed by atoms with Gasteiger partial charge in [0.2, 0.25) is 5.91 Å². The third-order valence-corrected chi connectivity index (χ3v) is 20.1. The molecule has 2 heterocycles. The Hall–Kier alpha value is -2.83. The van der Waals surface area contributed by atoms with Crippen molar-refractivity contribution in [2.45, 2.75) is 434 Å². The Bertz CT molecular complexity index is 2010. The molecule has 1 amide bonds. The van der Waals surface area contributed by atoms with Crippen molar-refractivity contribution in [1.82, 2.24) is 5.32 Å². The van der Waals surface area contributed by atoms with E-state index >= 15 is 0 Å². The molecule has 0 bridgehead atoms. The van der Waals surface area contributed by atoms with E-state index in [1.807, 2.05) is 0 Å². The van der Waals surface area contributed by atoms with Crippen molar-refractivity contribution >= 4 is 5.91 Å². The SMILES string of the molecule is CC/C=C\C/C=C\C/C=C\C/C=C\C/C=C\C/C=C\C/C=C\CCCCCCCCCCCCCCCC(=O)NC(COC1OC(CO)C(OC2OC(CO)C(O)C(O)C2O)C(O)C1O)C(O)CCCCCCCCCCCCCCCCCCCCCCCCCCCCCCCCC. The molecular formula is C86H155NO13. The van der Waals surface area contributed by atoms with E-state index < -0.39 is 86.8 Å². The molecule has 2 aliphatic heterocycles. The molecule has 12 atom stereocenters. The fourth-order valence-corrected chi connectivity index (χ4v) is 13.6. The molecular weight excluding hydrogens is 1250 g/mol. The maximum atomic E-state index is 13.4. The Kier molecular flexibility index (Phi) is 64.6. The molecule has 0 aliphatic carbocycles. The summed E-state index contributed by atoms with van der Waals surface area (Å²) in [6.45, 7) is 2.80. The first-order valence-corrected chi connectivity index (χ1v) is 41.8. The van der Waals surface area contributed by atoms with E-state index in [2.05, 4.69) is 104 Å². The number of aliphatic hydroxyl groups is 8. The summed E-state index contributed by atoms with van der Waals surface area (Å²) in [5, 5.41) is 88.0. The summed E-state index contributed by atoms with van der Waals surface area (Å²) >= 11 is 0. The molecule has 12 unspecified atom stereocenters. The predicted octanol–water partition coefficient (Wildman–Crippen LogP) is 19.5. The summed E-state index contributed by atoms with van der Waals surface area (Å²) in [6, 6.07) is -0.836. The van der Waals surface area contributed by atoms with Crippen molar-refractivity contribution in [3.8, 4) is 0 Å². The van der Waals surface area contributed by atoms with Gasteiger partial charge in [0.1, 0.15) is 48.8 Å². The summed E-state index contributed by atoms with van der Waals surface area (Å²) < 4.78 is 23.0. The molecule has 9 N–H and O–H groups in total. The maximum Gasteiger partial charge on any atom is 0.220 e. The number of aliphatic hydroxyl groups excluding tert-OH is 8. The van der Waals surface area contributed by atoms with Crippen LogP contribution in [0.4, 0.5) is 0 Å². The summed E-state index contributed by atoms with van der Waals surface area (Å²) in [5.74, 6) is -0.205. The van der Waals surface area contributed by atoms with E-state index in [-0.39, 0.29) is 12.5 Å². The van der Waals surface area contributed by atoms with Gasteiger partial charge in [-0.2, -0.15) is 0 Å². The minimum absolute atomic E-state index is 0.205. The second-order valence-corrected chi connectivity index (χ2v) is 29.2. The largest absolute Gasteiger partial charge is 0.394 e. The van der Waals surface area contributed by atoms with Crippen LogP contribution in [0.25, 0.3) is 0 Å². The highest BCUT2D eigenvalue weighted by Crippen LogP contribution is 2.30. The number of hydrogen-bond donors (Lipinski definition) is 9. The molecule has 0 spiro atoms. The van der Waals surface area contributed by atoms with Crippen LogP contribution < -0.4 is 5.32 Å². The fourth-order valence-electron chi connectivity index (χ4n) is 13.6. The minimum Gasteiger partial charge on any atom is -0.394 e. The molecule has 2 rings (SSSR count). The van der Waals surface area contributed by atoms with Gasteiger partial charge in [0.15, 0.2) is 12.6 Å². The second kappa shape index (κ2) is 69.2. The van der Waals surface area contributed by atoms with Crippen molar-refractivity contribution in [2.75, 3.05) is 19.8 Å². The summed E-state index contributed by atoms with van der Waals surface area (Å²) in [7, 11) is 0. The van der Waals surface area contributed by atoms with Crippen LogP contribution in [0.5, 0.6) is 0 Å². The second-order valence-electron chi connectivity index (χ2n) is 29.2. The van der Waals surface area contributed by atoms with Gasteiger partial charge in [-0.15, -0.1) is 0 Å². The monoisotopic (exact) mass is 1410 g/mol. The highest BCUT2D eigenvalue weighted by molar-refractivity contribution is 5.76. The van der Waals surface area contributed by atoms with E-state index in [0.29, 0.717) is 12.8 Å². The predicted molar refractivity (Wildman–Crippen MR) is 415 cm³/mol. The number of ether oxygens (including phenoxy) is 4. The molecule has 14 heteroatoms. The zero-order valence-electron chi connectivity index (χ0n) is 63.9. The Morgan fingerprint density at radius 2 is 0.690 bits per heavy atom. The van der Waals surface area contributed by atoms with Gasteiger partial charge in [-0.1, -0.05) is 369 Å². The Labute approximate surface area is 611 Å². The lowest BCUT2D eigenvalue weighted by Crippen LogP contribution is -2.65. The van der Waals surface area contributed by atoms with Crippen molar-refractivity contribution in [3.63, 3.8) is 0 Å². The van der Waals surface area contributed by atoms with Gasteiger partial charge in [-0.3, -0.25) is 4.79 Å². The maximum absolute atomic E-state index is 13.4. The Balaban J connectivity index is 1.60. The van der Waals surface area contributed by atoms with Gasteiger partial charge in [-0.25, -0.2) is 0 Å². The number of rotatable bonds is 70. The average Bonchev–Trinajstić information content (AvgIpc) is 0.790. The third-order valence-electron chi connectivity index (χ3n) is 20.1. The lowest BCUT2D eigenvalue weighted by atomic mass is 9.97. The summed E-state index contributed by atoms with van der Waals surface area (Å²) in [5.41, 5.74) is 0. The van der Waals surface area contributed by atoms with E-state index in [9.17, 15) is 45.6 Å². The Morgan fingerprint density at radius 1 is 0.370 bits per heavy atom. The number of hydrogen-bond acceptors (Lipinski definition) is 13. The van der Waals surface area contributed by atoms with Gasteiger partial charge >= 0.3 is 0 Å². The first-order chi connectivity index (χ1) is 49.1. The van der Waals surface area contributed by atoms with E-state index in [0.717, 1.165) is 103 Å². The molecule has 2 saturated heterocycles. The van der Waals surface area contributed by atoms with Gasteiger partial charge in [0.05, 0.1) is 32.0 Å². The van der Waals surface area contributed by atoms with Crippen LogP contribution in [0.15, 0.2) is 85.1 Å². The van der Waals surface area contributed by atoms with Gasteiger partial charge in [0.25, 0.3) is 0 Å². The number of amides is 1. The zero-order chi connectivity index (χ0) is 72.2. The van der Waals surface area contributed by atoms with Gasteiger partial charge in [-0.05, 0) is 70.6 Å². The average molecular weight is 1410 g/mol. The molecule has 2 aliphatic rings. The first kappa shape index (κ1) is 93.3. The van der Waals surface area contributed by atoms with E-state index in [4.69, 9.17) is 18.9 Å². The lowest BCUT2D eigenvalue weighted by Gasteiger charge is -2.46. The van der Waals surface area contributed by atoms with Crippen molar-refractivity contribution < 1.29 is 64.6 Å². The summed E-state index contributed by atoms with van der Waals surface area (Å²) in [6.07, 6.45) is 80.5. The zero-order valence-corrected chi connectivity index (χ0v) is 63.9. The van der Waals surface area contributed by atoms with E-state index in [1.165, 1.54) is 231 Å². The molecule has 0 radical (unpaired) electrons. The highest BCUT2D eigenvalue weighted by Gasteiger charge is 2.51. The smallest absolute Gasteiger partial charge is 0.220 e. The van der Waals surface area contributed by atoms with Crippen LogP contribution in [0.2, 0.25) is 0 Å². The quantitative estimate of drug-likeness (QED) is 0.0204. The number of carbonyl (C=O) groups is 1. The number of allylic oxidation sites excluding steroid dienone is 14. The van der Waals surface area contributed by atoms with E-state index in [1.54, 1.807) is 0 Å². The van der Waals surface area contributed by atoms with Crippen molar-refractivity contribution in [3.05, 3.63) is 85.1 Å². The van der Waals surface area contributed by atoms with Crippen LogP contribution in [-0.4, -0.2) is 140 Å². The number of carbonyl (C=O) groups excluding carboxylic acids is 1. The van der Waals surface area contributed by atoms with Crippen molar-refractivity contribution in [1.29, 1.82) is 0 Å². The molecule has 0 aromatic heterocycles. The third kappa shape index (κ3) is 51.4. The van der Waals surface area contributed by atoms with Crippen LogP contribution in [0.1, 0.15) is 361 Å². The Morgan fingerprint density at radius 3 is 1.06 bits per heavy atom. The first-order valence-electron chi connectivity index (χ1n) is 41.8. The van der Waals surface area contributed by atoms with Crippen LogP contribution in [0, 0.1) is 0 Å². The molecule has 14 nitrogen and oxygen atoms in total. The van der Waals surface area contributed by atoms with Crippen molar-refractivity contribution in [2.24, 2.45) is 0 Å². The normalized spacial score (nSPS) is 22.3. The summed E-state index contributed by atoms with van der Waals surface area (Å²) in [4.78, 5) is 13.4. The standard InChI is InChI=1S/C86H155NO13/c1-3-5-7-9-11-13-15-17-19-21-23-25-27-29-31-33-35-36-37-38-40-42-44-46-48-50-52-54-56-58-60-62-64-66-68-70-78(91)87-74(73-97-85-83(96)81(94)84(77(72-89)99-85)100-86-82(95)80(93)79(92)76(71-88)98-86)75(90)69-67-65-63-61-59-57-55-53-51-49-47-45-43-41-39-34-32-30-28-26-24-22-20-18-16-14-12-10-8-6-4-2/h5,7,11,13,17,19,23,25,29,31,35-36,38,40,74-77,79-86,88-90,92-96H,3-4,6,8-10,12,14-16,18,20-22,24,26-28,30,32-34,37,39,41-73H2,1-2H3,(H,87,91)/b7-5-,13-11-,19-17-,25-23-,31-29-,36-35-,40-38-. The minimum atomic E-state index is -1.79. The molecule has 0 aromatic carbocycles. The molecule has 0 saturated carbocycles. The van der Waals surface area contributed by atoms with Gasteiger partial charge in [0, 0.05) is 6.42 Å². The highest BCUT2D eigenvalue weighted by atomic mass is 16.7. The topological polar surface area (TPSA) is 228 Å².